The summed E-state index contributed by atoms with van der Waals surface area (Å²) in [6.07, 6.45) is 6.82. The second-order valence-corrected chi connectivity index (χ2v) is 5.73. The third kappa shape index (κ3) is 3.15. The zero-order valence-electron chi connectivity index (χ0n) is 11.6. The lowest BCUT2D eigenvalue weighted by Crippen LogP contribution is -2.29. The van der Waals surface area contributed by atoms with Gasteiger partial charge in [-0.1, -0.05) is 25.7 Å². The summed E-state index contributed by atoms with van der Waals surface area (Å²) in [6.45, 7) is 2.69. The molecule has 2 rings (SSSR count). The third-order valence-corrected chi connectivity index (χ3v) is 4.65. The fourth-order valence-electron chi connectivity index (χ4n) is 2.68. The Hall–Kier alpha value is -0.940. The third-order valence-electron chi connectivity index (χ3n) is 3.62. The molecule has 1 fully saturated rings. The van der Waals surface area contributed by atoms with E-state index in [9.17, 15) is 4.79 Å². The van der Waals surface area contributed by atoms with E-state index >= 15 is 0 Å². The predicted molar refractivity (Wildman–Crippen MR) is 74.5 cm³/mol. The summed E-state index contributed by atoms with van der Waals surface area (Å²) >= 11 is 1.51. The van der Waals surface area contributed by atoms with Crippen LogP contribution in [0.5, 0.6) is 0 Å². The van der Waals surface area contributed by atoms with Gasteiger partial charge in [0.1, 0.15) is 10.6 Å². The van der Waals surface area contributed by atoms with Gasteiger partial charge in [-0.2, -0.15) is 0 Å². The van der Waals surface area contributed by atoms with Gasteiger partial charge >= 0.3 is 5.97 Å². The Bertz CT molecular complexity index is 422. The molecule has 0 amide bonds. The van der Waals surface area contributed by atoms with Crippen molar-refractivity contribution in [2.45, 2.75) is 51.0 Å². The molecule has 1 aliphatic carbocycles. The number of esters is 1. The van der Waals surface area contributed by atoms with Gasteiger partial charge in [0, 0.05) is 12.0 Å². The number of hydrogen-bond acceptors (Lipinski definition) is 5. The standard InChI is InChI=1S/C14H21NO3S/c1-3-18-14(8-6-4-5-7-9-14)13-15-11(10-19-13)12(16)17-2/h10H,3-9H2,1-2H3. The lowest BCUT2D eigenvalue weighted by molar-refractivity contribution is -0.0560. The van der Waals surface area contributed by atoms with Gasteiger partial charge in [0.15, 0.2) is 5.69 Å². The summed E-state index contributed by atoms with van der Waals surface area (Å²) in [7, 11) is 1.38. The molecule has 0 unspecified atom stereocenters. The smallest absolute Gasteiger partial charge is 0.357 e. The van der Waals surface area contributed by atoms with Crippen LogP contribution in [-0.4, -0.2) is 24.7 Å². The molecule has 1 saturated carbocycles. The van der Waals surface area contributed by atoms with Crippen LogP contribution in [0.4, 0.5) is 0 Å². The monoisotopic (exact) mass is 283 g/mol. The van der Waals surface area contributed by atoms with E-state index in [-0.39, 0.29) is 11.6 Å². The summed E-state index contributed by atoms with van der Waals surface area (Å²) in [5.41, 5.74) is 0.105. The molecule has 0 atom stereocenters. The van der Waals surface area contributed by atoms with E-state index in [2.05, 4.69) is 4.98 Å². The highest BCUT2D eigenvalue weighted by atomic mass is 32.1. The van der Waals surface area contributed by atoms with Crippen molar-refractivity contribution < 1.29 is 14.3 Å². The molecule has 0 aliphatic heterocycles. The van der Waals surface area contributed by atoms with Crippen LogP contribution in [0.15, 0.2) is 5.38 Å². The molecule has 19 heavy (non-hydrogen) atoms. The molecule has 4 nitrogen and oxygen atoms in total. The topological polar surface area (TPSA) is 48.4 Å². The molecule has 0 bridgehead atoms. The van der Waals surface area contributed by atoms with E-state index < -0.39 is 0 Å². The van der Waals surface area contributed by atoms with E-state index in [0.717, 1.165) is 30.7 Å². The first kappa shape index (κ1) is 14.5. The predicted octanol–water partition coefficient (Wildman–Crippen LogP) is 3.52. The minimum absolute atomic E-state index is 0.289. The van der Waals surface area contributed by atoms with Crippen LogP contribution in [0.25, 0.3) is 0 Å². The quantitative estimate of drug-likeness (QED) is 0.626. The molecule has 1 aromatic heterocycles. The summed E-state index contributed by atoms with van der Waals surface area (Å²) in [5, 5.41) is 2.70. The first-order chi connectivity index (χ1) is 9.22. The highest BCUT2D eigenvalue weighted by Crippen LogP contribution is 2.40. The molecule has 0 aromatic carbocycles. The summed E-state index contributed by atoms with van der Waals surface area (Å²) < 4.78 is 10.8. The van der Waals surface area contributed by atoms with Gasteiger partial charge in [-0.3, -0.25) is 0 Å². The molecule has 1 aliphatic rings. The minimum atomic E-state index is -0.372. The molecule has 5 heteroatoms. The first-order valence-electron chi connectivity index (χ1n) is 6.90. The van der Waals surface area contributed by atoms with Crippen molar-refractivity contribution in [3.05, 3.63) is 16.1 Å². The molecular formula is C14H21NO3S. The molecule has 0 spiro atoms. The van der Waals surface area contributed by atoms with Crippen LogP contribution in [-0.2, 0) is 15.1 Å². The van der Waals surface area contributed by atoms with Crippen LogP contribution in [0, 0.1) is 0 Å². The van der Waals surface area contributed by atoms with Crippen molar-refractivity contribution in [2.75, 3.05) is 13.7 Å². The average Bonchev–Trinajstić information content (AvgIpc) is 2.81. The molecule has 1 aromatic rings. The number of hydrogen-bond donors (Lipinski definition) is 0. The van der Waals surface area contributed by atoms with Gasteiger partial charge in [-0.05, 0) is 19.8 Å². The summed E-state index contributed by atoms with van der Waals surface area (Å²) in [6, 6.07) is 0. The second-order valence-electron chi connectivity index (χ2n) is 4.87. The Kier molecular flexibility index (Phi) is 4.93. The number of carbonyl (C=O) groups is 1. The summed E-state index contributed by atoms with van der Waals surface area (Å²) in [4.78, 5) is 16.0. The molecule has 0 N–H and O–H groups in total. The highest BCUT2D eigenvalue weighted by Gasteiger charge is 2.36. The van der Waals surface area contributed by atoms with E-state index in [4.69, 9.17) is 9.47 Å². The lowest BCUT2D eigenvalue weighted by atomic mass is 9.95. The van der Waals surface area contributed by atoms with Crippen LogP contribution in [0.1, 0.15) is 60.9 Å². The Balaban J connectivity index is 2.27. The van der Waals surface area contributed by atoms with Crippen molar-refractivity contribution in [2.24, 2.45) is 0 Å². The van der Waals surface area contributed by atoms with Crippen LogP contribution in [0.2, 0.25) is 0 Å². The minimum Gasteiger partial charge on any atom is -0.464 e. The van der Waals surface area contributed by atoms with Gasteiger partial charge in [0.05, 0.1) is 7.11 Å². The van der Waals surface area contributed by atoms with Gasteiger partial charge in [-0.15, -0.1) is 11.3 Å². The zero-order valence-corrected chi connectivity index (χ0v) is 12.4. The number of methoxy groups -OCH3 is 1. The van der Waals surface area contributed by atoms with E-state index in [1.54, 1.807) is 5.38 Å². The van der Waals surface area contributed by atoms with Gasteiger partial charge in [0.25, 0.3) is 0 Å². The SMILES string of the molecule is CCOC1(c2nc(C(=O)OC)cs2)CCCCCC1. The number of carbonyl (C=O) groups excluding carboxylic acids is 1. The Morgan fingerprint density at radius 1 is 1.37 bits per heavy atom. The molecule has 106 valence electrons. The van der Waals surface area contributed by atoms with Crippen molar-refractivity contribution >= 4 is 17.3 Å². The molecule has 0 radical (unpaired) electrons. The van der Waals surface area contributed by atoms with Crippen molar-refractivity contribution in [3.8, 4) is 0 Å². The Labute approximate surface area is 118 Å². The number of aromatic nitrogens is 1. The van der Waals surface area contributed by atoms with E-state index in [1.165, 1.54) is 31.3 Å². The van der Waals surface area contributed by atoms with Gasteiger partial charge in [0.2, 0.25) is 0 Å². The maximum Gasteiger partial charge on any atom is 0.357 e. The van der Waals surface area contributed by atoms with Gasteiger partial charge in [-0.25, -0.2) is 9.78 Å². The number of thiazole rings is 1. The van der Waals surface area contributed by atoms with Crippen molar-refractivity contribution in [3.63, 3.8) is 0 Å². The Morgan fingerprint density at radius 2 is 2.05 bits per heavy atom. The number of nitrogens with zero attached hydrogens (tertiary/aromatic N) is 1. The van der Waals surface area contributed by atoms with E-state index in [0.29, 0.717) is 12.3 Å². The second kappa shape index (κ2) is 6.48. The number of rotatable bonds is 4. The maximum absolute atomic E-state index is 11.5. The maximum atomic E-state index is 11.5. The van der Waals surface area contributed by atoms with E-state index in [1.807, 2.05) is 6.92 Å². The molecular weight excluding hydrogens is 262 g/mol. The van der Waals surface area contributed by atoms with Crippen molar-refractivity contribution in [1.82, 2.24) is 4.98 Å². The number of ether oxygens (including phenoxy) is 2. The lowest BCUT2D eigenvalue weighted by Gasteiger charge is -2.30. The molecule has 1 heterocycles. The van der Waals surface area contributed by atoms with Crippen molar-refractivity contribution in [1.29, 1.82) is 0 Å². The summed E-state index contributed by atoms with van der Waals surface area (Å²) in [5.74, 6) is -0.372. The average molecular weight is 283 g/mol. The largest absolute Gasteiger partial charge is 0.464 e. The van der Waals surface area contributed by atoms with Crippen LogP contribution < -0.4 is 0 Å². The van der Waals surface area contributed by atoms with Crippen LogP contribution >= 0.6 is 11.3 Å². The fourth-order valence-corrected chi connectivity index (χ4v) is 3.68. The van der Waals surface area contributed by atoms with Crippen LogP contribution in [0.3, 0.4) is 0 Å². The highest BCUT2D eigenvalue weighted by molar-refractivity contribution is 7.10. The zero-order chi connectivity index (χ0) is 13.7. The first-order valence-corrected chi connectivity index (χ1v) is 7.78. The molecule has 0 saturated heterocycles. The normalized spacial score (nSPS) is 18.8. The Morgan fingerprint density at radius 3 is 2.63 bits per heavy atom. The van der Waals surface area contributed by atoms with Gasteiger partial charge < -0.3 is 9.47 Å². The fraction of sp³-hybridized carbons (Fsp3) is 0.714.